The lowest BCUT2D eigenvalue weighted by atomic mass is 10.0. The highest BCUT2D eigenvalue weighted by Gasteiger charge is 2.30. The van der Waals surface area contributed by atoms with Crippen molar-refractivity contribution in [1.82, 2.24) is 4.98 Å². The maximum Gasteiger partial charge on any atom is 0.358 e. The van der Waals surface area contributed by atoms with Crippen molar-refractivity contribution in [2.24, 2.45) is 0 Å². The molecule has 7 heteroatoms. The number of hydrogen-bond acceptors (Lipinski definition) is 6. The Morgan fingerprint density at radius 3 is 2.04 bits per heavy atom. The first-order chi connectivity index (χ1) is 11.8. The van der Waals surface area contributed by atoms with Gasteiger partial charge in [-0.3, -0.25) is 0 Å². The summed E-state index contributed by atoms with van der Waals surface area (Å²) in [6.45, 7) is 10.5. The predicted molar refractivity (Wildman–Crippen MR) is 104 cm³/mol. The van der Waals surface area contributed by atoms with Gasteiger partial charge in [0.05, 0.1) is 0 Å². The molecule has 26 heavy (non-hydrogen) atoms. The second-order valence-corrected chi connectivity index (χ2v) is 8.83. The topological polar surface area (TPSA) is 91.5 Å². The highest BCUT2D eigenvalue weighted by molar-refractivity contribution is 9.10. The molecule has 1 aromatic heterocycles. The van der Waals surface area contributed by atoms with Gasteiger partial charge < -0.3 is 15.2 Å². The maximum absolute atomic E-state index is 12.9. The Morgan fingerprint density at radius 1 is 0.962 bits per heavy atom. The Labute approximate surface area is 161 Å². The molecule has 0 saturated carbocycles. The fraction of sp³-hybridized carbons (Fsp3) is 0.421. The van der Waals surface area contributed by atoms with E-state index in [2.05, 4.69) is 20.9 Å². The fourth-order valence-corrected chi connectivity index (χ4v) is 2.68. The van der Waals surface area contributed by atoms with Crippen molar-refractivity contribution in [3.05, 3.63) is 33.9 Å². The van der Waals surface area contributed by atoms with E-state index in [0.29, 0.717) is 10.8 Å². The number of nitrogens with zero attached hydrogens (tertiary/aromatic N) is 1. The van der Waals surface area contributed by atoms with E-state index in [1.54, 1.807) is 59.7 Å². The molecule has 0 aliphatic carbocycles. The zero-order chi connectivity index (χ0) is 19.9. The monoisotopic (exact) mass is 422 g/mol. The number of pyridine rings is 1. The zero-order valence-corrected chi connectivity index (χ0v) is 17.4. The van der Waals surface area contributed by atoms with Crippen LogP contribution >= 0.6 is 15.9 Å². The van der Waals surface area contributed by atoms with Crippen molar-refractivity contribution < 1.29 is 19.1 Å². The van der Waals surface area contributed by atoms with E-state index in [1.165, 1.54) is 0 Å². The van der Waals surface area contributed by atoms with Gasteiger partial charge in [0.1, 0.15) is 22.6 Å². The summed E-state index contributed by atoms with van der Waals surface area (Å²) >= 11 is 3.38. The number of carbonyl (C=O) groups excluding carboxylic acids is 2. The van der Waals surface area contributed by atoms with Gasteiger partial charge in [-0.25, -0.2) is 14.6 Å². The summed E-state index contributed by atoms with van der Waals surface area (Å²) in [5.74, 6) is -1.25. The Bertz CT molecular complexity index is 880. The van der Waals surface area contributed by atoms with Crippen LogP contribution < -0.4 is 5.73 Å². The largest absolute Gasteiger partial charge is 0.456 e. The van der Waals surface area contributed by atoms with Crippen LogP contribution in [-0.2, 0) is 9.47 Å². The molecule has 0 amide bonds. The highest BCUT2D eigenvalue weighted by Crippen LogP contribution is 2.31. The van der Waals surface area contributed by atoms with E-state index < -0.39 is 23.1 Å². The number of esters is 2. The lowest BCUT2D eigenvalue weighted by Crippen LogP contribution is -2.29. The second kappa shape index (κ2) is 6.87. The van der Waals surface area contributed by atoms with Gasteiger partial charge in [0.25, 0.3) is 0 Å². The standard InChI is InChI=1S/C19H23BrN2O4/c1-18(2,3)25-16(23)13-12-9-10(20)7-8-11(12)15(21)22-14(13)17(24)26-19(4,5)6/h7-9H,1-6H3,(H2,21,22). The van der Waals surface area contributed by atoms with Crippen molar-refractivity contribution in [3.8, 4) is 0 Å². The second-order valence-electron chi connectivity index (χ2n) is 7.91. The van der Waals surface area contributed by atoms with Gasteiger partial charge in [-0.1, -0.05) is 15.9 Å². The third kappa shape index (κ3) is 4.72. The summed E-state index contributed by atoms with van der Waals surface area (Å²) in [5.41, 5.74) is 4.43. The molecule has 1 aromatic carbocycles. The summed E-state index contributed by atoms with van der Waals surface area (Å²) in [6, 6.07) is 5.22. The van der Waals surface area contributed by atoms with Crippen molar-refractivity contribution in [3.63, 3.8) is 0 Å². The molecule has 0 bridgehead atoms. The number of nitrogens with two attached hydrogens (primary N) is 1. The number of fused-ring (bicyclic) bond motifs is 1. The molecule has 2 rings (SSSR count). The van der Waals surface area contributed by atoms with Crippen LogP contribution in [0.3, 0.4) is 0 Å². The Balaban J connectivity index is 2.76. The van der Waals surface area contributed by atoms with E-state index in [4.69, 9.17) is 15.2 Å². The van der Waals surface area contributed by atoms with Gasteiger partial charge >= 0.3 is 11.9 Å². The average molecular weight is 423 g/mol. The normalized spacial score (nSPS) is 12.1. The molecule has 1 heterocycles. The van der Waals surface area contributed by atoms with Gasteiger partial charge in [-0.2, -0.15) is 0 Å². The maximum atomic E-state index is 12.9. The fourth-order valence-electron chi connectivity index (χ4n) is 2.32. The van der Waals surface area contributed by atoms with E-state index in [0.717, 1.165) is 4.47 Å². The van der Waals surface area contributed by atoms with Crippen LogP contribution in [0.4, 0.5) is 5.82 Å². The first-order valence-corrected chi connectivity index (χ1v) is 8.93. The molecule has 0 saturated heterocycles. The van der Waals surface area contributed by atoms with Gasteiger partial charge in [0, 0.05) is 15.2 Å². The minimum Gasteiger partial charge on any atom is -0.456 e. The average Bonchev–Trinajstić information content (AvgIpc) is 2.42. The minimum atomic E-state index is -0.745. The molecule has 0 fully saturated rings. The van der Waals surface area contributed by atoms with Crippen molar-refractivity contribution in [2.45, 2.75) is 52.7 Å². The number of nitrogen functional groups attached to an aromatic ring is 1. The van der Waals surface area contributed by atoms with E-state index >= 15 is 0 Å². The first kappa shape index (κ1) is 20.2. The van der Waals surface area contributed by atoms with E-state index in [1.807, 2.05) is 0 Å². The van der Waals surface area contributed by atoms with Crippen molar-refractivity contribution in [1.29, 1.82) is 0 Å². The minimum absolute atomic E-state index is 0.0414. The van der Waals surface area contributed by atoms with Crippen LogP contribution in [0, 0.1) is 0 Å². The van der Waals surface area contributed by atoms with E-state index in [9.17, 15) is 9.59 Å². The van der Waals surface area contributed by atoms with Gasteiger partial charge in [0.2, 0.25) is 0 Å². The van der Waals surface area contributed by atoms with Gasteiger partial charge in [-0.05, 0) is 59.7 Å². The summed E-state index contributed by atoms with van der Waals surface area (Å²) < 4.78 is 11.6. The van der Waals surface area contributed by atoms with Crippen LogP contribution in [0.5, 0.6) is 0 Å². The number of anilines is 1. The lowest BCUT2D eigenvalue weighted by molar-refractivity contribution is 0.00154. The zero-order valence-electron chi connectivity index (χ0n) is 15.8. The summed E-state index contributed by atoms with van der Waals surface area (Å²) in [5, 5.41) is 1.03. The van der Waals surface area contributed by atoms with Crippen LogP contribution in [0.2, 0.25) is 0 Å². The molecule has 0 radical (unpaired) electrons. The first-order valence-electron chi connectivity index (χ1n) is 8.14. The smallest absolute Gasteiger partial charge is 0.358 e. The number of carbonyl (C=O) groups is 2. The van der Waals surface area contributed by atoms with Crippen LogP contribution in [0.15, 0.2) is 22.7 Å². The van der Waals surface area contributed by atoms with Crippen molar-refractivity contribution in [2.75, 3.05) is 5.73 Å². The molecule has 2 N–H and O–H groups in total. The third-order valence-electron chi connectivity index (χ3n) is 3.19. The number of halogens is 1. The Kier molecular flexibility index (Phi) is 5.33. The number of ether oxygens (including phenoxy) is 2. The van der Waals surface area contributed by atoms with Crippen LogP contribution in [-0.4, -0.2) is 28.1 Å². The number of hydrogen-bond donors (Lipinski definition) is 1. The molecule has 2 aromatic rings. The molecule has 0 aliphatic heterocycles. The van der Waals surface area contributed by atoms with E-state index in [-0.39, 0.29) is 17.1 Å². The number of rotatable bonds is 2. The van der Waals surface area contributed by atoms with Crippen LogP contribution in [0.1, 0.15) is 62.4 Å². The molecule has 0 unspecified atom stereocenters. The summed E-state index contributed by atoms with van der Waals surface area (Å²) in [7, 11) is 0. The van der Waals surface area contributed by atoms with Crippen molar-refractivity contribution >= 4 is 44.5 Å². The van der Waals surface area contributed by atoms with Gasteiger partial charge in [-0.15, -0.1) is 0 Å². The number of benzene rings is 1. The molecule has 140 valence electrons. The lowest BCUT2D eigenvalue weighted by Gasteiger charge is -2.23. The molecular formula is C19H23BrN2O4. The quantitative estimate of drug-likeness (QED) is 0.716. The van der Waals surface area contributed by atoms with Crippen LogP contribution in [0.25, 0.3) is 10.8 Å². The molecular weight excluding hydrogens is 400 g/mol. The Hall–Kier alpha value is -2.15. The molecule has 0 spiro atoms. The third-order valence-corrected chi connectivity index (χ3v) is 3.68. The predicted octanol–water partition coefficient (Wildman–Crippen LogP) is 4.49. The summed E-state index contributed by atoms with van der Waals surface area (Å²) in [4.78, 5) is 29.7. The summed E-state index contributed by atoms with van der Waals surface area (Å²) in [6.07, 6.45) is 0. The molecule has 6 nitrogen and oxygen atoms in total. The highest BCUT2D eigenvalue weighted by atomic mass is 79.9. The Morgan fingerprint density at radius 2 is 1.50 bits per heavy atom. The number of aromatic nitrogens is 1. The molecule has 0 atom stereocenters. The molecule has 0 aliphatic rings. The van der Waals surface area contributed by atoms with Gasteiger partial charge in [0.15, 0.2) is 5.69 Å². The SMILES string of the molecule is CC(C)(C)OC(=O)c1nc(N)c2ccc(Br)cc2c1C(=O)OC(C)(C)C.